The molecule has 5 heteroatoms. The van der Waals surface area contributed by atoms with Gasteiger partial charge in [-0.05, 0) is 48.5 Å². The molecular weight excluding hydrogens is 360 g/mol. The zero-order valence-corrected chi connectivity index (χ0v) is 16.1. The van der Waals surface area contributed by atoms with Crippen molar-refractivity contribution in [3.05, 3.63) is 91.3 Å². The standard InChI is InChI=1S/C24H20N4O/c1-27-17-28(24-23(27)12-6-14-26-24)19-8-5-10-21(16-19)29-20-9-4-7-18(15-20)22-11-2-3-13-25-22/h2-16H,17H2,1H3. The summed E-state index contributed by atoms with van der Waals surface area (Å²) in [5.74, 6) is 2.53. The molecule has 1 aliphatic rings. The maximum Gasteiger partial charge on any atom is 0.158 e. The van der Waals surface area contributed by atoms with Gasteiger partial charge in [-0.25, -0.2) is 4.98 Å². The average Bonchev–Trinajstić information content (AvgIpc) is 3.12. The lowest BCUT2D eigenvalue weighted by Gasteiger charge is -2.19. The van der Waals surface area contributed by atoms with Crippen LogP contribution in [0, 0.1) is 0 Å². The van der Waals surface area contributed by atoms with Gasteiger partial charge < -0.3 is 14.5 Å². The second-order valence-electron chi connectivity index (χ2n) is 6.96. The van der Waals surface area contributed by atoms with E-state index in [9.17, 15) is 0 Å². The minimum atomic E-state index is 0.755. The second kappa shape index (κ2) is 7.28. The molecule has 0 N–H and O–H groups in total. The predicted molar refractivity (Wildman–Crippen MR) is 116 cm³/mol. The van der Waals surface area contributed by atoms with Gasteiger partial charge in [-0.1, -0.05) is 24.3 Å². The Kier molecular flexibility index (Phi) is 4.33. The summed E-state index contributed by atoms with van der Waals surface area (Å²) >= 11 is 0. The molecule has 4 aromatic rings. The topological polar surface area (TPSA) is 41.5 Å². The molecular formula is C24H20N4O. The first kappa shape index (κ1) is 17.3. The lowest BCUT2D eigenvalue weighted by Crippen LogP contribution is -2.24. The molecule has 1 aliphatic heterocycles. The van der Waals surface area contributed by atoms with Gasteiger partial charge in [0, 0.05) is 36.8 Å². The zero-order chi connectivity index (χ0) is 19.6. The summed E-state index contributed by atoms with van der Waals surface area (Å²) in [6.45, 7) is 0.755. The van der Waals surface area contributed by atoms with Gasteiger partial charge in [-0.2, -0.15) is 0 Å². The molecule has 0 fully saturated rings. The van der Waals surface area contributed by atoms with E-state index in [1.54, 1.807) is 6.20 Å². The van der Waals surface area contributed by atoms with Gasteiger partial charge >= 0.3 is 0 Å². The van der Waals surface area contributed by atoms with Gasteiger partial charge in [-0.3, -0.25) is 4.98 Å². The molecule has 0 bridgehead atoms. The van der Waals surface area contributed by atoms with Crippen LogP contribution >= 0.6 is 0 Å². The number of hydrogen-bond donors (Lipinski definition) is 0. The van der Waals surface area contributed by atoms with Crippen molar-refractivity contribution in [3.63, 3.8) is 0 Å². The Labute approximate surface area is 169 Å². The molecule has 0 radical (unpaired) electrons. The molecule has 2 aromatic heterocycles. The van der Waals surface area contributed by atoms with Crippen molar-refractivity contribution in [1.29, 1.82) is 0 Å². The molecule has 0 aliphatic carbocycles. The predicted octanol–water partition coefficient (Wildman–Crippen LogP) is 5.48. The third-order valence-corrected chi connectivity index (χ3v) is 4.95. The number of fused-ring (bicyclic) bond motifs is 1. The Morgan fingerprint density at radius 1 is 0.793 bits per heavy atom. The van der Waals surface area contributed by atoms with Crippen LogP contribution < -0.4 is 14.5 Å². The Morgan fingerprint density at radius 3 is 2.48 bits per heavy atom. The van der Waals surface area contributed by atoms with Gasteiger partial charge in [0.1, 0.15) is 11.5 Å². The zero-order valence-electron chi connectivity index (χ0n) is 16.1. The molecule has 0 saturated carbocycles. The maximum atomic E-state index is 6.17. The van der Waals surface area contributed by atoms with Crippen LogP contribution in [0.1, 0.15) is 0 Å². The number of benzene rings is 2. The lowest BCUT2D eigenvalue weighted by molar-refractivity contribution is 0.483. The largest absolute Gasteiger partial charge is 0.457 e. The SMILES string of the molecule is CN1CN(c2cccc(Oc3cccc(-c4ccccn4)c3)c2)c2ncccc21. The number of anilines is 3. The van der Waals surface area contributed by atoms with Crippen LogP contribution in [0.2, 0.25) is 0 Å². The smallest absolute Gasteiger partial charge is 0.158 e. The van der Waals surface area contributed by atoms with Crippen LogP contribution in [0.4, 0.5) is 17.2 Å². The minimum Gasteiger partial charge on any atom is -0.457 e. The number of pyridine rings is 2. The number of rotatable bonds is 4. The molecule has 0 amide bonds. The summed E-state index contributed by atoms with van der Waals surface area (Å²) in [5, 5.41) is 0. The molecule has 29 heavy (non-hydrogen) atoms. The normalized spacial score (nSPS) is 12.7. The lowest BCUT2D eigenvalue weighted by atomic mass is 10.1. The van der Waals surface area contributed by atoms with Crippen molar-refractivity contribution < 1.29 is 4.74 Å². The molecule has 0 unspecified atom stereocenters. The second-order valence-corrected chi connectivity index (χ2v) is 6.96. The Hall–Kier alpha value is -3.86. The van der Waals surface area contributed by atoms with Crippen molar-refractivity contribution in [2.75, 3.05) is 23.5 Å². The van der Waals surface area contributed by atoms with Crippen molar-refractivity contribution in [2.24, 2.45) is 0 Å². The molecule has 0 atom stereocenters. The quantitative estimate of drug-likeness (QED) is 0.469. The van der Waals surface area contributed by atoms with Gasteiger partial charge in [0.05, 0.1) is 18.1 Å². The van der Waals surface area contributed by atoms with Crippen LogP contribution in [0.25, 0.3) is 11.3 Å². The number of nitrogens with zero attached hydrogens (tertiary/aromatic N) is 4. The highest BCUT2D eigenvalue weighted by Gasteiger charge is 2.25. The minimum absolute atomic E-state index is 0.755. The first-order valence-corrected chi connectivity index (χ1v) is 9.51. The Morgan fingerprint density at radius 2 is 1.62 bits per heavy atom. The van der Waals surface area contributed by atoms with Gasteiger partial charge in [0.2, 0.25) is 0 Å². The van der Waals surface area contributed by atoms with Crippen molar-refractivity contribution in [3.8, 4) is 22.8 Å². The summed E-state index contributed by atoms with van der Waals surface area (Å²) in [5.41, 5.74) is 4.13. The fourth-order valence-corrected chi connectivity index (χ4v) is 3.56. The molecule has 0 saturated heterocycles. The van der Waals surface area contributed by atoms with E-state index < -0.39 is 0 Å². The van der Waals surface area contributed by atoms with E-state index in [2.05, 4.69) is 38.9 Å². The Balaban J connectivity index is 1.42. The van der Waals surface area contributed by atoms with Crippen molar-refractivity contribution >= 4 is 17.2 Å². The molecule has 2 aromatic carbocycles. The summed E-state index contributed by atoms with van der Waals surface area (Å²) in [7, 11) is 2.07. The van der Waals surface area contributed by atoms with E-state index in [0.29, 0.717) is 0 Å². The number of aromatic nitrogens is 2. The van der Waals surface area contributed by atoms with E-state index in [1.807, 2.05) is 72.9 Å². The fraction of sp³-hybridized carbons (Fsp3) is 0.0833. The molecule has 5 nitrogen and oxygen atoms in total. The van der Waals surface area contributed by atoms with Crippen molar-refractivity contribution in [2.45, 2.75) is 0 Å². The third-order valence-electron chi connectivity index (χ3n) is 4.95. The van der Waals surface area contributed by atoms with E-state index in [4.69, 9.17) is 4.74 Å². The molecule has 142 valence electrons. The van der Waals surface area contributed by atoms with E-state index in [-0.39, 0.29) is 0 Å². The van der Waals surface area contributed by atoms with Gasteiger partial charge in [0.15, 0.2) is 5.82 Å². The third kappa shape index (κ3) is 3.38. The summed E-state index contributed by atoms with van der Waals surface area (Å²) < 4.78 is 6.17. The van der Waals surface area contributed by atoms with Crippen molar-refractivity contribution in [1.82, 2.24) is 9.97 Å². The van der Waals surface area contributed by atoms with Crippen LogP contribution in [0.15, 0.2) is 91.3 Å². The monoisotopic (exact) mass is 380 g/mol. The van der Waals surface area contributed by atoms with Crippen LogP contribution in [-0.2, 0) is 0 Å². The number of ether oxygens (including phenoxy) is 1. The highest BCUT2D eigenvalue weighted by Crippen LogP contribution is 2.39. The van der Waals surface area contributed by atoms with Crippen LogP contribution in [-0.4, -0.2) is 23.7 Å². The highest BCUT2D eigenvalue weighted by molar-refractivity contribution is 5.79. The van der Waals surface area contributed by atoms with Crippen LogP contribution in [0.5, 0.6) is 11.5 Å². The number of hydrogen-bond acceptors (Lipinski definition) is 5. The molecule has 3 heterocycles. The summed E-state index contributed by atoms with van der Waals surface area (Å²) in [6.07, 6.45) is 3.62. The van der Waals surface area contributed by atoms with E-state index >= 15 is 0 Å². The molecule has 0 spiro atoms. The fourth-order valence-electron chi connectivity index (χ4n) is 3.56. The maximum absolute atomic E-state index is 6.17. The van der Waals surface area contributed by atoms with E-state index in [1.165, 1.54) is 0 Å². The highest BCUT2D eigenvalue weighted by atomic mass is 16.5. The van der Waals surface area contributed by atoms with Crippen LogP contribution in [0.3, 0.4) is 0 Å². The van der Waals surface area contributed by atoms with E-state index in [0.717, 1.165) is 46.6 Å². The van der Waals surface area contributed by atoms with Gasteiger partial charge in [0.25, 0.3) is 0 Å². The summed E-state index contributed by atoms with van der Waals surface area (Å²) in [6, 6.07) is 26.0. The van der Waals surface area contributed by atoms with Gasteiger partial charge in [-0.15, -0.1) is 0 Å². The molecule has 5 rings (SSSR count). The first-order valence-electron chi connectivity index (χ1n) is 9.51. The average molecular weight is 380 g/mol. The summed E-state index contributed by atoms with van der Waals surface area (Å²) in [4.78, 5) is 13.4. The first-order chi connectivity index (χ1) is 14.3. The Bertz CT molecular complexity index is 1150.